The molecule has 0 atom stereocenters. The number of H-pyrrole nitrogens is 1. The van der Waals surface area contributed by atoms with Crippen LogP contribution in [0, 0.1) is 5.82 Å². The number of aromatic nitrogens is 2. The number of halogens is 1. The van der Waals surface area contributed by atoms with E-state index in [1.807, 2.05) is 31.1 Å². The molecule has 1 aliphatic heterocycles. The zero-order valence-electron chi connectivity index (χ0n) is 13.5. The summed E-state index contributed by atoms with van der Waals surface area (Å²) in [4.78, 5) is 23.8. The average molecular weight is 316 g/mol. The van der Waals surface area contributed by atoms with Gasteiger partial charge in [0.1, 0.15) is 5.82 Å². The number of rotatable bonds is 3. The molecule has 5 nitrogen and oxygen atoms in total. The summed E-state index contributed by atoms with van der Waals surface area (Å²) in [6.45, 7) is 2.40. The Bertz CT molecular complexity index is 739. The van der Waals surface area contributed by atoms with Gasteiger partial charge in [-0.25, -0.2) is 9.37 Å². The second-order valence-corrected chi connectivity index (χ2v) is 6.11. The van der Waals surface area contributed by atoms with Gasteiger partial charge in [-0.1, -0.05) is 12.1 Å². The van der Waals surface area contributed by atoms with E-state index in [2.05, 4.69) is 14.9 Å². The number of nitrogens with one attached hydrogen (secondary N) is 1. The van der Waals surface area contributed by atoms with Gasteiger partial charge in [0, 0.05) is 45.7 Å². The Labute approximate surface area is 134 Å². The van der Waals surface area contributed by atoms with Crippen LogP contribution >= 0.6 is 0 Å². The Morgan fingerprint density at radius 3 is 2.61 bits per heavy atom. The van der Waals surface area contributed by atoms with E-state index < -0.39 is 0 Å². The molecule has 0 bridgehead atoms. The quantitative estimate of drug-likeness (QED) is 0.934. The van der Waals surface area contributed by atoms with Gasteiger partial charge in [0.2, 0.25) is 5.95 Å². The number of nitrogens with zero attached hydrogens (tertiary/aromatic N) is 3. The normalized spacial score (nSPS) is 15.1. The van der Waals surface area contributed by atoms with Gasteiger partial charge >= 0.3 is 0 Å². The highest BCUT2D eigenvalue weighted by molar-refractivity contribution is 5.32. The molecule has 0 radical (unpaired) electrons. The molecule has 0 fully saturated rings. The van der Waals surface area contributed by atoms with E-state index in [9.17, 15) is 9.18 Å². The Balaban J connectivity index is 1.76. The van der Waals surface area contributed by atoms with Crippen molar-refractivity contribution in [1.82, 2.24) is 14.9 Å². The van der Waals surface area contributed by atoms with Crippen molar-refractivity contribution in [1.29, 1.82) is 0 Å². The van der Waals surface area contributed by atoms with E-state index in [4.69, 9.17) is 0 Å². The smallest absolute Gasteiger partial charge is 0.255 e. The van der Waals surface area contributed by atoms with E-state index in [1.54, 1.807) is 0 Å². The topological polar surface area (TPSA) is 52.2 Å². The monoisotopic (exact) mass is 316 g/mol. The third kappa shape index (κ3) is 3.59. The molecule has 23 heavy (non-hydrogen) atoms. The predicted molar refractivity (Wildman–Crippen MR) is 88.3 cm³/mol. The molecule has 1 aromatic heterocycles. The van der Waals surface area contributed by atoms with Crippen molar-refractivity contribution >= 4 is 5.95 Å². The molecular formula is C17H21FN4O. The van der Waals surface area contributed by atoms with Crippen molar-refractivity contribution in [2.45, 2.75) is 19.4 Å². The van der Waals surface area contributed by atoms with Crippen molar-refractivity contribution in [2.75, 3.05) is 32.1 Å². The molecule has 0 amide bonds. The highest BCUT2D eigenvalue weighted by Crippen LogP contribution is 2.15. The first kappa shape index (κ1) is 15.7. The van der Waals surface area contributed by atoms with Crippen molar-refractivity contribution in [3.05, 3.63) is 57.3 Å². The van der Waals surface area contributed by atoms with Crippen molar-refractivity contribution in [3.8, 4) is 0 Å². The summed E-state index contributed by atoms with van der Waals surface area (Å²) in [5, 5.41) is 0. The summed E-state index contributed by atoms with van der Waals surface area (Å²) in [6.07, 6.45) is 1.44. The SMILES string of the molecule is CN(C)c1nc2c(c(=O)[nH]1)CCN(Cc1ccc(F)cc1)CC2. The minimum absolute atomic E-state index is 0.0395. The summed E-state index contributed by atoms with van der Waals surface area (Å²) >= 11 is 0. The third-order valence-electron chi connectivity index (χ3n) is 4.17. The minimum atomic E-state index is -0.219. The first-order chi connectivity index (χ1) is 11.0. The maximum atomic E-state index is 13.0. The van der Waals surface area contributed by atoms with Gasteiger partial charge in [0.05, 0.1) is 5.69 Å². The van der Waals surface area contributed by atoms with E-state index in [1.165, 1.54) is 12.1 Å². The van der Waals surface area contributed by atoms with Gasteiger partial charge in [-0.2, -0.15) is 0 Å². The van der Waals surface area contributed by atoms with Crippen LogP contribution in [-0.2, 0) is 19.4 Å². The van der Waals surface area contributed by atoms with E-state index in [-0.39, 0.29) is 11.4 Å². The lowest BCUT2D eigenvalue weighted by Gasteiger charge is -2.19. The fourth-order valence-corrected chi connectivity index (χ4v) is 2.86. The van der Waals surface area contributed by atoms with Gasteiger partial charge in [-0.3, -0.25) is 14.7 Å². The summed E-state index contributed by atoms with van der Waals surface area (Å²) in [5.41, 5.74) is 2.71. The number of benzene rings is 1. The fraction of sp³-hybridized carbons (Fsp3) is 0.412. The molecule has 0 saturated carbocycles. The van der Waals surface area contributed by atoms with E-state index in [0.717, 1.165) is 42.9 Å². The largest absolute Gasteiger partial charge is 0.348 e. The van der Waals surface area contributed by atoms with E-state index >= 15 is 0 Å². The molecule has 1 aliphatic rings. The first-order valence-corrected chi connectivity index (χ1v) is 7.79. The molecule has 0 aliphatic carbocycles. The summed E-state index contributed by atoms with van der Waals surface area (Å²) < 4.78 is 13.0. The molecule has 1 aromatic carbocycles. The summed E-state index contributed by atoms with van der Waals surface area (Å²) in [7, 11) is 3.73. The second kappa shape index (κ2) is 6.50. The fourth-order valence-electron chi connectivity index (χ4n) is 2.86. The van der Waals surface area contributed by atoms with Crippen LogP contribution in [0.5, 0.6) is 0 Å². The number of anilines is 1. The molecule has 1 N–H and O–H groups in total. The zero-order valence-corrected chi connectivity index (χ0v) is 13.5. The molecule has 0 unspecified atom stereocenters. The van der Waals surface area contributed by atoms with Crippen molar-refractivity contribution in [3.63, 3.8) is 0 Å². The number of fused-ring (bicyclic) bond motifs is 1. The van der Waals surface area contributed by atoms with Crippen molar-refractivity contribution < 1.29 is 4.39 Å². The van der Waals surface area contributed by atoms with Crippen LogP contribution in [0.25, 0.3) is 0 Å². The third-order valence-corrected chi connectivity index (χ3v) is 4.17. The van der Waals surface area contributed by atoms with Crippen LogP contribution < -0.4 is 10.5 Å². The van der Waals surface area contributed by atoms with Crippen LogP contribution in [-0.4, -0.2) is 42.1 Å². The van der Waals surface area contributed by atoms with Gasteiger partial charge in [0.15, 0.2) is 0 Å². The van der Waals surface area contributed by atoms with Crippen LogP contribution in [0.3, 0.4) is 0 Å². The lowest BCUT2D eigenvalue weighted by Crippen LogP contribution is -2.26. The Kier molecular flexibility index (Phi) is 4.43. The minimum Gasteiger partial charge on any atom is -0.348 e. The number of hydrogen-bond acceptors (Lipinski definition) is 4. The highest BCUT2D eigenvalue weighted by Gasteiger charge is 2.19. The summed E-state index contributed by atoms with van der Waals surface area (Å²) in [6, 6.07) is 6.58. The van der Waals surface area contributed by atoms with Crippen LogP contribution in [0.1, 0.15) is 16.8 Å². The zero-order chi connectivity index (χ0) is 16.4. The van der Waals surface area contributed by atoms with Gasteiger partial charge in [-0.05, 0) is 24.1 Å². The molecule has 122 valence electrons. The number of hydrogen-bond donors (Lipinski definition) is 1. The standard InChI is InChI=1S/C17H21FN4O/c1-21(2)17-19-15-8-10-22(9-7-14(15)16(23)20-17)11-12-3-5-13(18)6-4-12/h3-6H,7-11H2,1-2H3,(H,19,20,23). The number of aromatic amines is 1. The van der Waals surface area contributed by atoms with Gasteiger partial charge in [-0.15, -0.1) is 0 Å². The molecule has 3 rings (SSSR count). The maximum Gasteiger partial charge on any atom is 0.255 e. The highest BCUT2D eigenvalue weighted by atomic mass is 19.1. The average Bonchev–Trinajstić information content (AvgIpc) is 2.72. The molecular weight excluding hydrogens is 295 g/mol. The Morgan fingerprint density at radius 1 is 1.22 bits per heavy atom. The van der Waals surface area contributed by atoms with Gasteiger partial charge < -0.3 is 4.90 Å². The molecule has 2 aromatic rings. The molecule has 6 heteroatoms. The van der Waals surface area contributed by atoms with Crippen molar-refractivity contribution in [2.24, 2.45) is 0 Å². The second-order valence-electron chi connectivity index (χ2n) is 6.11. The Hall–Kier alpha value is -2.21. The first-order valence-electron chi connectivity index (χ1n) is 7.79. The lowest BCUT2D eigenvalue weighted by molar-refractivity contribution is 0.278. The van der Waals surface area contributed by atoms with Crippen LogP contribution in [0.15, 0.2) is 29.1 Å². The molecule has 0 saturated heterocycles. The summed E-state index contributed by atoms with van der Waals surface area (Å²) in [5.74, 6) is 0.379. The molecule has 0 spiro atoms. The predicted octanol–water partition coefficient (Wildman–Crippen LogP) is 1.58. The molecule has 2 heterocycles. The lowest BCUT2D eigenvalue weighted by atomic mass is 10.1. The van der Waals surface area contributed by atoms with Crippen LogP contribution in [0.4, 0.5) is 10.3 Å². The maximum absolute atomic E-state index is 13.0. The van der Waals surface area contributed by atoms with Gasteiger partial charge in [0.25, 0.3) is 5.56 Å². The van der Waals surface area contributed by atoms with Crippen LogP contribution in [0.2, 0.25) is 0 Å². The van der Waals surface area contributed by atoms with E-state index in [0.29, 0.717) is 12.4 Å². The Morgan fingerprint density at radius 2 is 1.91 bits per heavy atom.